The summed E-state index contributed by atoms with van der Waals surface area (Å²) in [5.41, 5.74) is 4.59. The molecule has 2 atom stereocenters. The molecule has 0 radical (unpaired) electrons. The summed E-state index contributed by atoms with van der Waals surface area (Å²) in [7, 11) is 1.51. The van der Waals surface area contributed by atoms with Crippen molar-refractivity contribution in [2.24, 2.45) is 0 Å². The molecule has 2 rings (SSSR count). The van der Waals surface area contributed by atoms with Gasteiger partial charge < -0.3 is 14.8 Å². The van der Waals surface area contributed by atoms with Gasteiger partial charge in [-0.3, -0.25) is 0 Å². The van der Waals surface area contributed by atoms with Crippen LogP contribution < -0.4 is 0 Å². The molecule has 3 nitrogen and oxygen atoms in total. The summed E-state index contributed by atoms with van der Waals surface area (Å²) in [6.07, 6.45) is 5.43. The number of nitrogens with one attached hydrogen (secondary N) is 1. The summed E-state index contributed by atoms with van der Waals surface area (Å²) in [4.78, 5) is 3.48. The molecular formula is C19H29NO2. The summed E-state index contributed by atoms with van der Waals surface area (Å²) < 4.78 is 5.00. The van der Waals surface area contributed by atoms with Crippen LogP contribution in [0.25, 0.3) is 10.9 Å². The first-order chi connectivity index (χ1) is 10.6. The first-order valence-corrected chi connectivity index (χ1v) is 8.45. The third-order valence-electron chi connectivity index (χ3n) is 4.63. The maximum Gasteiger partial charge on any atom is 0.180 e. The van der Waals surface area contributed by atoms with E-state index in [0.29, 0.717) is 5.92 Å². The van der Waals surface area contributed by atoms with Gasteiger partial charge in [0.1, 0.15) is 0 Å². The van der Waals surface area contributed by atoms with Crippen LogP contribution in [0.15, 0.2) is 18.2 Å². The number of aromatic amines is 1. The van der Waals surface area contributed by atoms with Crippen LogP contribution in [-0.4, -0.2) is 17.2 Å². The fourth-order valence-electron chi connectivity index (χ4n) is 3.38. The van der Waals surface area contributed by atoms with Gasteiger partial charge in [-0.2, -0.15) is 0 Å². The number of aryl methyl sites for hydroxylation is 1. The number of methoxy groups -OCH3 is 1. The van der Waals surface area contributed by atoms with Crippen molar-refractivity contribution in [1.82, 2.24) is 4.98 Å². The van der Waals surface area contributed by atoms with E-state index in [1.165, 1.54) is 55.9 Å². The molecule has 1 heterocycles. The van der Waals surface area contributed by atoms with Gasteiger partial charge >= 0.3 is 0 Å². The molecule has 0 spiro atoms. The van der Waals surface area contributed by atoms with E-state index in [9.17, 15) is 5.11 Å². The van der Waals surface area contributed by atoms with Crippen LogP contribution in [0.5, 0.6) is 0 Å². The summed E-state index contributed by atoms with van der Waals surface area (Å²) in [5, 5.41) is 11.1. The van der Waals surface area contributed by atoms with E-state index in [0.717, 1.165) is 11.1 Å². The Labute approximate surface area is 133 Å². The lowest BCUT2D eigenvalue weighted by Gasteiger charge is -2.16. The van der Waals surface area contributed by atoms with Crippen LogP contribution in [0.2, 0.25) is 0 Å². The molecule has 0 fully saturated rings. The molecule has 122 valence electrons. The van der Waals surface area contributed by atoms with Crippen LogP contribution in [0, 0.1) is 6.92 Å². The summed E-state index contributed by atoms with van der Waals surface area (Å²) in [5.74, 6) is 0.610. The smallest absolute Gasteiger partial charge is 0.180 e. The van der Waals surface area contributed by atoms with E-state index in [2.05, 4.69) is 31.8 Å². The number of ether oxygens (including phenoxy) is 1. The molecule has 2 aromatic rings. The number of hydrogen-bond donors (Lipinski definition) is 2. The van der Waals surface area contributed by atoms with E-state index in [-0.39, 0.29) is 0 Å². The summed E-state index contributed by atoms with van der Waals surface area (Å²) >= 11 is 0. The zero-order chi connectivity index (χ0) is 16.1. The number of hydrogen-bond acceptors (Lipinski definition) is 2. The first kappa shape index (κ1) is 17.0. The van der Waals surface area contributed by atoms with Gasteiger partial charge in [0.05, 0.1) is 0 Å². The lowest BCUT2D eigenvalue weighted by molar-refractivity contribution is -0.0768. The molecule has 0 aliphatic rings. The Morgan fingerprint density at radius 2 is 2.00 bits per heavy atom. The quantitative estimate of drug-likeness (QED) is 0.521. The van der Waals surface area contributed by atoms with Crippen molar-refractivity contribution in [2.45, 2.75) is 65.1 Å². The van der Waals surface area contributed by atoms with Gasteiger partial charge in [-0.15, -0.1) is 0 Å². The molecule has 3 heteroatoms. The highest BCUT2D eigenvalue weighted by Gasteiger charge is 2.18. The van der Waals surface area contributed by atoms with Gasteiger partial charge in [-0.25, -0.2) is 0 Å². The zero-order valence-corrected chi connectivity index (χ0v) is 14.3. The second kappa shape index (κ2) is 7.80. The maximum atomic E-state index is 9.83. The molecule has 0 bridgehead atoms. The molecule has 2 unspecified atom stereocenters. The molecule has 0 aliphatic heterocycles. The monoisotopic (exact) mass is 303 g/mol. The lowest BCUT2D eigenvalue weighted by atomic mass is 9.89. The fourth-order valence-corrected chi connectivity index (χ4v) is 3.38. The third-order valence-corrected chi connectivity index (χ3v) is 4.63. The highest BCUT2D eigenvalue weighted by molar-refractivity contribution is 5.85. The Morgan fingerprint density at radius 3 is 2.64 bits per heavy atom. The molecule has 2 N–H and O–H groups in total. The van der Waals surface area contributed by atoms with Gasteiger partial charge in [-0.1, -0.05) is 45.2 Å². The Balaban J connectivity index is 2.34. The number of H-pyrrole nitrogens is 1. The zero-order valence-electron chi connectivity index (χ0n) is 14.3. The van der Waals surface area contributed by atoms with Crippen molar-refractivity contribution >= 4 is 10.9 Å². The van der Waals surface area contributed by atoms with Crippen LogP contribution in [0.3, 0.4) is 0 Å². The van der Waals surface area contributed by atoms with Gasteiger partial charge in [0, 0.05) is 29.3 Å². The third kappa shape index (κ3) is 3.53. The van der Waals surface area contributed by atoms with Crippen LogP contribution in [0.1, 0.15) is 75.0 Å². The molecule has 0 saturated carbocycles. The predicted octanol–water partition coefficient (Wildman–Crippen LogP) is 5.19. The highest BCUT2D eigenvalue weighted by atomic mass is 16.6. The minimum atomic E-state index is -0.858. The van der Waals surface area contributed by atoms with Gasteiger partial charge in [0.2, 0.25) is 0 Å². The van der Waals surface area contributed by atoms with Crippen LogP contribution in [-0.2, 0) is 4.74 Å². The van der Waals surface area contributed by atoms with Crippen molar-refractivity contribution in [3.8, 4) is 0 Å². The number of aliphatic hydroxyl groups is 1. The Kier molecular flexibility index (Phi) is 6.04. The Bertz CT molecular complexity index is 603. The topological polar surface area (TPSA) is 45.2 Å². The van der Waals surface area contributed by atoms with E-state index in [1.807, 2.05) is 12.1 Å². The second-order valence-electron chi connectivity index (χ2n) is 6.16. The highest BCUT2D eigenvalue weighted by Crippen LogP contribution is 2.35. The normalized spacial score (nSPS) is 14.4. The molecule has 1 aromatic heterocycles. The lowest BCUT2D eigenvalue weighted by Crippen LogP contribution is -2.00. The van der Waals surface area contributed by atoms with Crippen molar-refractivity contribution in [3.05, 3.63) is 35.0 Å². The fraction of sp³-hybridized carbons (Fsp3) is 0.579. The Hall–Kier alpha value is -1.32. The number of benzene rings is 1. The van der Waals surface area contributed by atoms with Crippen LogP contribution >= 0.6 is 0 Å². The van der Waals surface area contributed by atoms with Gasteiger partial charge in [-0.05, 0) is 37.3 Å². The molecule has 0 amide bonds. The van der Waals surface area contributed by atoms with Crippen molar-refractivity contribution in [1.29, 1.82) is 0 Å². The maximum absolute atomic E-state index is 9.83. The van der Waals surface area contributed by atoms with Gasteiger partial charge in [0.25, 0.3) is 0 Å². The SMILES string of the molecule is CCCCCC(CC)c1c(C)[nH]c2cc(C(O)OC)ccc12. The number of aliphatic hydroxyl groups excluding tert-OH is 1. The molecule has 1 aromatic carbocycles. The van der Waals surface area contributed by atoms with Gasteiger partial charge in [0.15, 0.2) is 6.29 Å². The average Bonchev–Trinajstić information content (AvgIpc) is 2.86. The number of unbranched alkanes of at least 4 members (excludes halogenated alkanes) is 2. The largest absolute Gasteiger partial charge is 0.364 e. The van der Waals surface area contributed by atoms with Crippen LogP contribution in [0.4, 0.5) is 0 Å². The predicted molar refractivity (Wildman–Crippen MR) is 92.2 cm³/mol. The first-order valence-electron chi connectivity index (χ1n) is 8.45. The average molecular weight is 303 g/mol. The molecule has 0 aliphatic carbocycles. The van der Waals surface area contributed by atoms with Crippen molar-refractivity contribution in [2.75, 3.05) is 7.11 Å². The minimum Gasteiger partial charge on any atom is -0.364 e. The van der Waals surface area contributed by atoms with E-state index >= 15 is 0 Å². The number of rotatable bonds is 8. The molecular weight excluding hydrogens is 274 g/mol. The number of aromatic nitrogens is 1. The van der Waals surface area contributed by atoms with Crippen molar-refractivity contribution < 1.29 is 9.84 Å². The van der Waals surface area contributed by atoms with E-state index < -0.39 is 6.29 Å². The standard InChI is InChI=1S/C19H29NO2/c1-5-7-8-9-14(6-2)18-13(3)20-17-12-15(19(21)22-4)10-11-16(17)18/h10-12,14,19-21H,5-9H2,1-4H3. The minimum absolute atomic E-state index is 0.610. The summed E-state index contributed by atoms with van der Waals surface area (Å²) in [6.45, 7) is 6.68. The molecule has 22 heavy (non-hydrogen) atoms. The van der Waals surface area contributed by atoms with E-state index in [1.54, 1.807) is 0 Å². The summed E-state index contributed by atoms with van der Waals surface area (Å²) in [6, 6.07) is 6.08. The van der Waals surface area contributed by atoms with E-state index in [4.69, 9.17) is 4.74 Å². The van der Waals surface area contributed by atoms with Crippen molar-refractivity contribution in [3.63, 3.8) is 0 Å². The second-order valence-corrected chi connectivity index (χ2v) is 6.16. The number of fused-ring (bicyclic) bond motifs is 1. The Morgan fingerprint density at radius 1 is 1.23 bits per heavy atom. The molecule has 0 saturated heterocycles.